The second kappa shape index (κ2) is 7.06. The fourth-order valence-electron chi connectivity index (χ4n) is 2.67. The molecule has 0 N–H and O–H groups in total. The second-order valence-corrected chi connectivity index (χ2v) is 6.44. The van der Waals surface area contributed by atoms with Crippen molar-refractivity contribution in [2.45, 2.75) is 6.54 Å². The minimum absolute atomic E-state index is 0.139. The Kier molecular flexibility index (Phi) is 4.88. The molecule has 1 fully saturated rings. The summed E-state index contributed by atoms with van der Waals surface area (Å²) in [5, 5.41) is 10.7. The van der Waals surface area contributed by atoms with E-state index in [-0.39, 0.29) is 10.6 Å². The van der Waals surface area contributed by atoms with E-state index in [1.165, 1.54) is 0 Å². The first kappa shape index (κ1) is 15.9. The van der Waals surface area contributed by atoms with Crippen molar-refractivity contribution in [1.29, 1.82) is 0 Å². The van der Waals surface area contributed by atoms with E-state index in [1.54, 1.807) is 12.1 Å². The predicted octanol–water partition coefficient (Wildman–Crippen LogP) is 3.07. The van der Waals surface area contributed by atoms with Crippen LogP contribution in [0.4, 0.5) is 11.5 Å². The first-order valence-corrected chi connectivity index (χ1v) is 8.23. The minimum atomic E-state index is -0.367. The average Bonchev–Trinajstić information content (AvgIpc) is 2.57. The zero-order valence-electron chi connectivity index (χ0n) is 12.6. The van der Waals surface area contributed by atoms with Crippen molar-refractivity contribution in [3.8, 4) is 0 Å². The fraction of sp³-hybridized carbons (Fsp3) is 0.312. The van der Waals surface area contributed by atoms with Crippen LogP contribution in [0.25, 0.3) is 0 Å². The Labute approximate surface area is 143 Å². The van der Waals surface area contributed by atoms with Gasteiger partial charge >= 0.3 is 0 Å². The average molecular weight is 377 g/mol. The van der Waals surface area contributed by atoms with Crippen molar-refractivity contribution < 1.29 is 4.92 Å². The first-order chi connectivity index (χ1) is 11.1. The van der Waals surface area contributed by atoms with Gasteiger partial charge < -0.3 is 4.90 Å². The molecular weight excluding hydrogens is 360 g/mol. The van der Waals surface area contributed by atoms with Crippen LogP contribution in [0.3, 0.4) is 0 Å². The molecule has 0 unspecified atom stereocenters. The van der Waals surface area contributed by atoms with Crippen LogP contribution in [0.15, 0.2) is 47.1 Å². The highest BCUT2D eigenvalue weighted by Gasteiger charge is 2.18. The lowest BCUT2D eigenvalue weighted by atomic mass is 10.2. The largest absolute Gasteiger partial charge is 0.354 e. The summed E-state index contributed by atoms with van der Waals surface area (Å²) in [5.41, 5.74) is 1.24. The van der Waals surface area contributed by atoms with Crippen LogP contribution in [0.5, 0.6) is 0 Å². The molecule has 1 aromatic heterocycles. The summed E-state index contributed by atoms with van der Waals surface area (Å²) in [6, 6.07) is 10.8. The van der Waals surface area contributed by atoms with Crippen molar-refractivity contribution in [2.75, 3.05) is 31.1 Å². The number of nitro benzene ring substituents is 1. The van der Waals surface area contributed by atoms with Crippen LogP contribution in [0.1, 0.15) is 5.56 Å². The van der Waals surface area contributed by atoms with E-state index in [4.69, 9.17) is 0 Å². The number of benzene rings is 1. The number of nitrogens with zero attached hydrogens (tertiary/aromatic N) is 4. The van der Waals surface area contributed by atoms with Gasteiger partial charge in [-0.2, -0.15) is 0 Å². The summed E-state index contributed by atoms with van der Waals surface area (Å²) in [6.45, 7) is 4.59. The van der Waals surface area contributed by atoms with Crippen LogP contribution < -0.4 is 4.90 Å². The van der Waals surface area contributed by atoms with Crippen LogP contribution in [-0.4, -0.2) is 41.0 Å². The first-order valence-electron chi connectivity index (χ1n) is 7.44. The van der Waals surface area contributed by atoms with E-state index in [1.807, 2.05) is 30.5 Å². The highest BCUT2D eigenvalue weighted by Crippen LogP contribution is 2.18. The topological polar surface area (TPSA) is 62.5 Å². The molecule has 0 saturated carbocycles. The lowest BCUT2D eigenvalue weighted by Crippen LogP contribution is -2.46. The van der Waals surface area contributed by atoms with Gasteiger partial charge in [-0.05, 0) is 33.6 Å². The third-order valence-corrected chi connectivity index (χ3v) is 4.43. The van der Waals surface area contributed by atoms with Crippen molar-refractivity contribution in [3.63, 3.8) is 0 Å². The van der Waals surface area contributed by atoms with E-state index in [0.29, 0.717) is 0 Å². The molecule has 6 nitrogen and oxygen atoms in total. The van der Waals surface area contributed by atoms with Gasteiger partial charge in [0.05, 0.1) is 4.92 Å². The van der Waals surface area contributed by atoms with Gasteiger partial charge in [-0.3, -0.25) is 15.0 Å². The van der Waals surface area contributed by atoms with Gasteiger partial charge in [0, 0.05) is 55.5 Å². The molecule has 0 bridgehead atoms. The summed E-state index contributed by atoms with van der Waals surface area (Å²) in [7, 11) is 0. The van der Waals surface area contributed by atoms with Crippen molar-refractivity contribution >= 4 is 27.4 Å². The number of nitro groups is 1. The van der Waals surface area contributed by atoms with E-state index in [2.05, 4.69) is 30.7 Å². The Morgan fingerprint density at radius 2 is 1.78 bits per heavy atom. The number of anilines is 1. The van der Waals surface area contributed by atoms with E-state index in [0.717, 1.165) is 48.6 Å². The maximum Gasteiger partial charge on any atom is 0.269 e. The molecular formula is C16H17BrN4O2. The van der Waals surface area contributed by atoms with Gasteiger partial charge in [0.25, 0.3) is 5.69 Å². The molecule has 1 saturated heterocycles. The zero-order chi connectivity index (χ0) is 16.2. The Hall–Kier alpha value is -1.99. The molecule has 7 heteroatoms. The SMILES string of the molecule is O=[N+]([O-])c1ccc(CN2CCN(c3ccc(Br)cn3)CC2)cc1. The van der Waals surface area contributed by atoms with Crippen LogP contribution in [0, 0.1) is 10.1 Å². The lowest BCUT2D eigenvalue weighted by Gasteiger charge is -2.35. The number of pyridine rings is 1. The smallest absolute Gasteiger partial charge is 0.269 e. The van der Waals surface area contributed by atoms with Crippen LogP contribution in [0.2, 0.25) is 0 Å². The van der Waals surface area contributed by atoms with E-state index < -0.39 is 0 Å². The quantitative estimate of drug-likeness (QED) is 0.605. The molecule has 120 valence electrons. The maximum atomic E-state index is 10.7. The number of rotatable bonds is 4. The third-order valence-electron chi connectivity index (χ3n) is 3.96. The monoisotopic (exact) mass is 376 g/mol. The Morgan fingerprint density at radius 3 is 2.35 bits per heavy atom. The number of hydrogen-bond donors (Lipinski definition) is 0. The predicted molar refractivity (Wildman–Crippen MR) is 92.5 cm³/mol. The van der Waals surface area contributed by atoms with Crippen molar-refractivity contribution in [2.24, 2.45) is 0 Å². The summed E-state index contributed by atoms with van der Waals surface area (Å²) >= 11 is 3.40. The van der Waals surface area contributed by atoms with E-state index >= 15 is 0 Å². The standard InChI is InChI=1S/C16H17BrN4O2/c17-14-3-6-16(18-11-14)20-9-7-19(8-10-20)12-13-1-4-15(5-2-13)21(22)23/h1-6,11H,7-10,12H2. The normalized spacial score (nSPS) is 15.6. The fourth-order valence-corrected chi connectivity index (χ4v) is 2.91. The highest BCUT2D eigenvalue weighted by atomic mass is 79.9. The number of halogens is 1. The van der Waals surface area contributed by atoms with Crippen LogP contribution >= 0.6 is 15.9 Å². The third kappa shape index (κ3) is 4.05. The number of piperazine rings is 1. The van der Waals surface area contributed by atoms with Crippen LogP contribution in [-0.2, 0) is 6.54 Å². The lowest BCUT2D eigenvalue weighted by molar-refractivity contribution is -0.384. The molecule has 1 aliphatic heterocycles. The van der Waals surface area contributed by atoms with Gasteiger partial charge in [-0.25, -0.2) is 4.98 Å². The molecule has 1 aromatic carbocycles. The Morgan fingerprint density at radius 1 is 1.09 bits per heavy atom. The van der Waals surface area contributed by atoms with E-state index in [9.17, 15) is 10.1 Å². The molecule has 0 radical (unpaired) electrons. The Bertz CT molecular complexity index is 667. The van der Waals surface area contributed by atoms with Gasteiger partial charge in [-0.15, -0.1) is 0 Å². The van der Waals surface area contributed by atoms with Crippen molar-refractivity contribution in [3.05, 3.63) is 62.7 Å². The summed E-state index contributed by atoms with van der Waals surface area (Å²) < 4.78 is 0.984. The number of non-ortho nitro benzene ring substituents is 1. The molecule has 2 aromatic rings. The molecule has 0 amide bonds. The number of hydrogen-bond acceptors (Lipinski definition) is 5. The second-order valence-electron chi connectivity index (χ2n) is 5.52. The Balaban J connectivity index is 1.54. The zero-order valence-corrected chi connectivity index (χ0v) is 14.1. The molecule has 3 rings (SSSR count). The van der Waals surface area contributed by atoms with Gasteiger partial charge in [0.1, 0.15) is 5.82 Å². The van der Waals surface area contributed by atoms with Gasteiger partial charge in [0.2, 0.25) is 0 Å². The molecule has 1 aliphatic rings. The summed E-state index contributed by atoms with van der Waals surface area (Å²) in [6.07, 6.45) is 1.82. The molecule has 23 heavy (non-hydrogen) atoms. The van der Waals surface area contributed by atoms with Gasteiger partial charge in [0.15, 0.2) is 0 Å². The van der Waals surface area contributed by atoms with Gasteiger partial charge in [-0.1, -0.05) is 12.1 Å². The molecule has 0 spiro atoms. The molecule has 0 atom stereocenters. The molecule has 0 aliphatic carbocycles. The molecule has 2 heterocycles. The highest BCUT2D eigenvalue weighted by molar-refractivity contribution is 9.10. The number of aromatic nitrogens is 1. The minimum Gasteiger partial charge on any atom is -0.354 e. The maximum absolute atomic E-state index is 10.7. The summed E-state index contributed by atoms with van der Waals surface area (Å²) in [4.78, 5) is 19.4. The summed E-state index contributed by atoms with van der Waals surface area (Å²) in [5.74, 6) is 1.00. The van der Waals surface area contributed by atoms with Crippen molar-refractivity contribution in [1.82, 2.24) is 9.88 Å².